The molecule has 4 aliphatic carbocycles. The van der Waals surface area contributed by atoms with Crippen LogP contribution in [-0.2, 0) is 9.59 Å². The zero-order valence-corrected chi connectivity index (χ0v) is 11.9. The molecule has 1 heterocycles. The molecule has 6 atom stereocenters. The molecule has 1 aromatic rings. The van der Waals surface area contributed by atoms with Gasteiger partial charge in [0.1, 0.15) is 0 Å². The van der Waals surface area contributed by atoms with E-state index in [1.807, 2.05) is 31.2 Å². The first kappa shape index (κ1) is 11.7. The van der Waals surface area contributed by atoms with Crippen molar-refractivity contribution in [3.8, 4) is 0 Å². The third-order valence-electron chi connectivity index (χ3n) is 6.02. The van der Waals surface area contributed by atoms with Gasteiger partial charge >= 0.3 is 0 Å². The zero-order valence-electron chi connectivity index (χ0n) is 11.9. The summed E-state index contributed by atoms with van der Waals surface area (Å²) in [7, 11) is 0. The summed E-state index contributed by atoms with van der Waals surface area (Å²) in [5.41, 5.74) is 1.76. The van der Waals surface area contributed by atoms with E-state index < -0.39 is 0 Å². The zero-order chi connectivity index (χ0) is 14.3. The summed E-state index contributed by atoms with van der Waals surface area (Å²) >= 11 is 0. The van der Waals surface area contributed by atoms with Crippen LogP contribution in [0.15, 0.2) is 36.4 Å². The normalized spacial score (nSPS) is 42.2. The summed E-state index contributed by atoms with van der Waals surface area (Å²) in [4.78, 5) is 27.3. The summed E-state index contributed by atoms with van der Waals surface area (Å²) in [5.74, 6) is 1.79. The second kappa shape index (κ2) is 3.65. The number of benzene rings is 1. The lowest BCUT2D eigenvalue weighted by Crippen LogP contribution is -2.40. The van der Waals surface area contributed by atoms with Gasteiger partial charge in [-0.15, -0.1) is 0 Å². The number of aryl methyl sites for hydroxylation is 1. The maximum atomic E-state index is 12.9. The van der Waals surface area contributed by atoms with Crippen molar-refractivity contribution in [2.24, 2.45) is 35.5 Å². The van der Waals surface area contributed by atoms with Gasteiger partial charge in [0.25, 0.3) is 0 Å². The van der Waals surface area contributed by atoms with E-state index in [0.717, 1.165) is 11.3 Å². The highest BCUT2D eigenvalue weighted by molar-refractivity contribution is 6.23. The van der Waals surface area contributed by atoms with Crippen molar-refractivity contribution >= 4 is 17.5 Å². The molecular weight excluding hydrogens is 262 g/mol. The molecule has 3 heteroatoms. The van der Waals surface area contributed by atoms with Crippen LogP contribution in [0, 0.1) is 42.4 Å². The van der Waals surface area contributed by atoms with Gasteiger partial charge in [0.2, 0.25) is 11.8 Å². The molecule has 3 nitrogen and oxygen atoms in total. The van der Waals surface area contributed by atoms with E-state index in [4.69, 9.17) is 0 Å². The Labute approximate surface area is 123 Å². The van der Waals surface area contributed by atoms with E-state index >= 15 is 0 Å². The Balaban J connectivity index is 1.62. The topological polar surface area (TPSA) is 37.4 Å². The van der Waals surface area contributed by atoms with E-state index in [2.05, 4.69) is 12.2 Å². The van der Waals surface area contributed by atoms with Crippen molar-refractivity contribution in [2.75, 3.05) is 4.90 Å². The SMILES string of the molecule is Cc1ccccc1N1C(=O)[C@@H]2[C@H]3C=C[C@@H]([C@@H]4C[C@H]34)[C@H]2C1=O. The van der Waals surface area contributed by atoms with Crippen LogP contribution < -0.4 is 4.90 Å². The highest BCUT2D eigenvalue weighted by atomic mass is 16.2. The Kier molecular flexibility index (Phi) is 2.04. The third kappa shape index (κ3) is 1.30. The van der Waals surface area contributed by atoms with E-state index in [1.54, 1.807) is 0 Å². The molecule has 2 amide bonds. The molecule has 1 saturated heterocycles. The Morgan fingerprint density at radius 3 is 2.10 bits per heavy atom. The number of carbonyl (C=O) groups excluding carboxylic acids is 2. The average molecular weight is 279 g/mol. The van der Waals surface area contributed by atoms with Gasteiger partial charge in [-0.3, -0.25) is 9.59 Å². The lowest BCUT2D eigenvalue weighted by Gasteiger charge is -2.37. The minimum absolute atomic E-state index is 0.0315. The van der Waals surface area contributed by atoms with Crippen molar-refractivity contribution in [3.05, 3.63) is 42.0 Å². The van der Waals surface area contributed by atoms with Crippen LogP contribution in [0.25, 0.3) is 0 Å². The number of carbonyl (C=O) groups is 2. The Morgan fingerprint density at radius 1 is 0.952 bits per heavy atom. The summed E-state index contributed by atoms with van der Waals surface area (Å²) in [6.45, 7) is 1.96. The van der Waals surface area contributed by atoms with Gasteiger partial charge in [-0.05, 0) is 48.6 Å². The highest BCUT2D eigenvalue weighted by Gasteiger charge is 2.67. The van der Waals surface area contributed by atoms with Gasteiger partial charge in [0, 0.05) is 0 Å². The van der Waals surface area contributed by atoms with Crippen LogP contribution in [-0.4, -0.2) is 11.8 Å². The first-order chi connectivity index (χ1) is 10.2. The minimum atomic E-state index is -0.101. The molecule has 2 bridgehead atoms. The fraction of sp³-hybridized carbons (Fsp3) is 0.444. The third-order valence-corrected chi connectivity index (χ3v) is 6.02. The molecule has 6 rings (SSSR count). The largest absolute Gasteiger partial charge is 0.274 e. The van der Waals surface area contributed by atoms with Crippen LogP contribution in [0.3, 0.4) is 0 Å². The number of allylic oxidation sites excluding steroid dienone is 2. The minimum Gasteiger partial charge on any atom is -0.274 e. The highest BCUT2D eigenvalue weighted by Crippen LogP contribution is 2.65. The number of hydrogen-bond acceptors (Lipinski definition) is 2. The van der Waals surface area contributed by atoms with Crippen molar-refractivity contribution in [2.45, 2.75) is 13.3 Å². The molecule has 0 radical (unpaired) electrons. The number of anilines is 1. The summed E-state index contributed by atoms with van der Waals surface area (Å²) < 4.78 is 0. The number of hydrogen-bond donors (Lipinski definition) is 0. The predicted octanol–water partition coefficient (Wildman–Crippen LogP) is 2.55. The number of amides is 2. The van der Waals surface area contributed by atoms with Crippen LogP contribution in [0.4, 0.5) is 5.69 Å². The van der Waals surface area contributed by atoms with E-state index in [1.165, 1.54) is 11.3 Å². The van der Waals surface area contributed by atoms with Gasteiger partial charge in [0.15, 0.2) is 0 Å². The molecule has 21 heavy (non-hydrogen) atoms. The van der Waals surface area contributed by atoms with Crippen LogP contribution >= 0.6 is 0 Å². The molecule has 3 fully saturated rings. The van der Waals surface area contributed by atoms with Crippen molar-refractivity contribution < 1.29 is 9.59 Å². The first-order valence-corrected chi connectivity index (χ1v) is 7.80. The monoisotopic (exact) mass is 279 g/mol. The van der Waals surface area contributed by atoms with E-state index in [9.17, 15) is 9.59 Å². The lowest BCUT2D eigenvalue weighted by molar-refractivity contribution is -0.124. The molecule has 2 saturated carbocycles. The van der Waals surface area contributed by atoms with Gasteiger partial charge in [0.05, 0.1) is 17.5 Å². The van der Waals surface area contributed by atoms with Crippen LogP contribution in [0.5, 0.6) is 0 Å². The molecule has 1 aliphatic heterocycles. The Morgan fingerprint density at radius 2 is 1.52 bits per heavy atom. The number of rotatable bonds is 1. The molecular formula is C18H17NO2. The summed E-state index contributed by atoms with van der Waals surface area (Å²) in [6, 6.07) is 7.69. The van der Waals surface area contributed by atoms with E-state index in [-0.39, 0.29) is 23.7 Å². The van der Waals surface area contributed by atoms with Crippen molar-refractivity contribution in [1.29, 1.82) is 0 Å². The number of para-hydroxylation sites is 1. The van der Waals surface area contributed by atoms with Crippen LogP contribution in [0.2, 0.25) is 0 Å². The molecule has 0 aromatic heterocycles. The Bertz CT molecular complexity index is 671. The van der Waals surface area contributed by atoms with Gasteiger partial charge in [-0.25, -0.2) is 4.90 Å². The quantitative estimate of drug-likeness (QED) is 0.585. The lowest BCUT2D eigenvalue weighted by atomic mass is 9.63. The van der Waals surface area contributed by atoms with Crippen molar-refractivity contribution in [1.82, 2.24) is 0 Å². The van der Waals surface area contributed by atoms with Crippen LogP contribution in [0.1, 0.15) is 12.0 Å². The average Bonchev–Trinajstić information content (AvgIpc) is 3.26. The second-order valence-electron chi connectivity index (χ2n) is 6.95. The second-order valence-corrected chi connectivity index (χ2v) is 6.95. The fourth-order valence-electron chi connectivity index (χ4n) is 5.01. The van der Waals surface area contributed by atoms with Crippen molar-refractivity contribution in [3.63, 3.8) is 0 Å². The van der Waals surface area contributed by atoms with Gasteiger partial charge in [-0.2, -0.15) is 0 Å². The molecule has 106 valence electrons. The number of nitrogens with zero attached hydrogens (tertiary/aromatic N) is 1. The molecule has 5 aliphatic rings. The van der Waals surface area contributed by atoms with Gasteiger partial charge in [-0.1, -0.05) is 30.4 Å². The maximum absolute atomic E-state index is 12.9. The van der Waals surface area contributed by atoms with Gasteiger partial charge < -0.3 is 0 Å². The molecule has 0 N–H and O–H groups in total. The number of imide groups is 1. The molecule has 0 unspecified atom stereocenters. The molecule has 1 aromatic carbocycles. The van der Waals surface area contributed by atoms with E-state index in [0.29, 0.717) is 23.7 Å². The standard InChI is InChI=1S/C18H17NO2/c1-9-4-2-3-5-14(9)19-17(20)15-10-6-7-11(13-8-12(10)13)16(15)18(19)21/h2-7,10-13,15-16H,8H2,1H3/t10-,11-,12-,13+,15+,16+/m0/s1. The maximum Gasteiger partial charge on any atom is 0.238 e. The smallest absolute Gasteiger partial charge is 0.238 e. The summed E-state index contributed by atoms with van der Waals surface area (Å²) in [5, 5.41) is 0. The molecule has 0 spiro atoms. The fourth-order valence-corrected chi connectivity index (χ4v) is 5.01. The Hall–Kier alpha value is -1.90. The first-order valence-electron chi connectivity index (χ1n) is 7.80. The summed E-state index contributed by atoms with van der Waals surface area (Å²) in [6.07, 6.45) is 5.64. The predicted molar refractivity (Wildman–Crippen MR) is 78.4 cm³/mol.